The molecule has 3 aromatic rings. The number of ether oxygens (including phenoxy) is 2. The fourth-order valence-corrected chi connectivity index (χ4v) is 3.06. The summed E-state index contributed by atoms with van der Waals surface area (Å²) in [5.41, 5.74) is 1.08. The van der Waals surface area contributed by atoms with Gasteiger partial charge in [0.25, 0.3) is 5.91 Å². The van der Waals surface area contributed by atoms with Gasteiger partial charge in [0.1, 0.15) is 16.9 Å². The molecule has 2 aromatic heterocycles. The molecule has 2 heterocycles. The van der Waals surface area contributed by atoms with Crippen LogP contribution in [0.2, 0.25) is 0 Å². The summed E-state index contributed by atoms with van der Waals surface area (Å²) in [4.78, 5) is 29.0. The van der Waals surface area contributed by atoms with Crippen molar-refractivity contribution in [2.24, 2.45) is 0 Å². The predicted octanol–water partition coefficient (Wildman–Crippen LogP) is 3.54. The number of rotatable bonds is 8. The first-order valence-corrected chi connectivity index (χ1v) is 10.7. The summed E-state index contributed by atoms with van der Waals surface area (Å²) in [6.45, 7) is 8.22. The van der Waals surface area contributed by atoms with Crippen molar-refractivity contribution in [3.05, 3.63) is 47.8 Å². The summed E-state index contributed by atoms with van der Waals surface area (Å²) >= 11 is 0. The maximum absolute atomic E-state index is 12.8. The zero-order valence-corrected chi connectivity index (χ0v) is 19.2. The third-order valence-electron chi connectivity index (χ3n) is 4.45. The van der Waals surface area contributed by atoms with Crippen LogP contribution in [0.15, 0.2) is 36.5 Å². The number of nitrogens with zero attached hydrogens (tertiary/aromatic N) is 3. The van der Waals surface area contributed by atoms with Gasteiger partial charge in [-0.15, -0.1) is 0 Å². The van der Waals surface area contributed by atoms with E-state index in [1.807, 2.05) is 6.92 Å². The molecule has 2 amide bonds. The van der Waals surface area contributed by atoms with Crippen LogP contribution in [0.25, 0.3) is 5.65 Å². The molecule has 0 unspecified atom stereocenters. The third-order valence-corrected chi connectivity index (χ3v) is 4.45. The number of carbonyl (C=O) groups excluding carboxylic acids is 2. The number of hydrogen-bond donors (Lipinski definition) is 3. The molecule has 0 aliphatic carbocycles. The highest BCUT2D eigenvalue weighted by molar-refractivity contribution is 6.08. The lowest BCUT2D eigenvalue weighted by molar-refractivity contribution is 0.0527. The van der Waals surface area contributed by atoms with E-state index in [2.05, 4.69) is 20.7 Å². The maximum Gasteiger partial charge on any atom is 0.407 e. The minimum Gasteiger partial charge on any atom is -0.494 e. The van der Waals surface area contributed by atoms with Crippen LogP contribution in [-0.2, 0) is 11.2 Å². The Morgan fingerprint density at radius 3 is 2.58 bits per heavy atom. The summed E-state index contributed by atoms with van der Waals surface area (Å²) in [5.74, 6) is 0.184. The third kappa shape index (κ3) is 6.58. The van der Waals surface area contributed by atoms with Gasteiger partial charge in [-0.2, -0.15) is 9.61 Å². The Bertz CT molecular complexity index is 1120. The Kier molecular flexibility index (Phi) is 7.37. The van der Waals surface area contributed by atoms with Crippen molar-refractivity contribution in [3.8, 4) is 11.6 Å². The lowest BCUT2D eigenvalue weighted by Gasteiger charge is -2.19. The van der Waals surface area contributed by atoms with Gasteiger partial charge >= 0.3 is 6.09 Å². The quantitative estimate of drug-likeness (QED) is 0.443. The van der Waals surface area contributed by atoms with Gasteiger partial charge in [0.15, 0.2) is 5.65 Å². The lowest BCUT2D eigenvalue weighted by atomic mass is 10.2. The molecule has 1 aromatic carbocycles. The number of nitrogens with one attached hydrogen (secondary N) is 2. The molecule has 0 saturated carbocycles. The lowest BCUT2D eigenvalue weighted by Crippen LogP contribution is -2.33. The van der Waals surface area contributed by atoms with E-state index in [1.54, 1.807) is 45.0 Å². The van der Waals surface area contributed by atoms with Gasteiger partial charge in [0.05, 0.1) is 12.8 Å². The second-order valence-corrected chi connectivity index (χ2v) is 8.34. The van der Waals surface area contributed by atoms with Crippen molar-refractivity contribution >= 4 is 23.3 Å². The van der Waals surface area contributed by atoms with E-state index in [1.165, 1.54) is 16.8 Å². The highest BCUT2D eigenvalue weighted by Gasteiger charge is 2.18. The van der Waals surface area contributed by atoms with Crippen molar-refractivity contribution in [3.63, 3.8) is 0 Å². The number of aromatic nitrogens is 3. The molecule has 0 aliphatic rings. The number of anilines is 1. The average molecular weight is 456 g/mol. The second-order valence-electron chi connectivity index (χ2n) is 8.34. The first-order valence-electron chi connectivity index (χ1n) is 10.7. The highest BCUT2D eigenvalue weighted by atomic mass is 16.6. The molecule has 0 bridgehead atoms. The van der Waals surface area contributed by atoms with Crippen molar-refractivity contribution in [2.45, 2.75) is 46.1 Å². The van der Waals surface area contributed by atoms with E-state index in [0.29, 0.717) is 43.1 Å². The molecular weight excluding hydrogens is 426 g/mol. The summed E-state index contributed by atoms with van der Waals surface area (Å²) in [6, 6.07) is 8.50. The number of hydrogen-bond acceptors (Lipinski definition) is 7. The van der Waals surface area contributed by atoms with Gasteiger partial charge in [0, 0.05) is 24.0 Å². The molecule has 10 nitrogen and oxygen atoms in total. The Hall–Kier alpha value is -3.82. The Morgan fingerprint density at radius 1 is 1.18 bits per heavy atom. The molecule has 0 aliphatic heterocycles. The van der Waals surface area contributed by atoms with Crippen LogP contribution < -0.4 is 15.4 Å². The van der Waals surface area contributed by atoms with Crippen LogP contribution in [0, 0.1) is 0 Å². The second kappa shape index (κ2) is 10.2. The fourth-order valence-electron chi connectivity index (χ4n) is 3.06. The molecule has 0 radical (unpaired) electrons. The molecule has 0 spiro atoms. The number of benzene rings is 1. The largest absolute Gasteiger partial charge is 0.494 e. The molecule has 0 atom stereocenters. The van der Waals surface area contributed by atoms with Crippen LogP contribution >= 0.6 is 0 Å². The minimum absolute atomic E-state index is 0.129. The van der Waals surface area contributed by atoms with Gasteiger partial charge < -0.3 is 25.2 Å². The van der Waals surface area contributed by atoms with Crippen LogP contribution in [0.4, 0.5) is 10.5 Å². The SMILES string of the molecule is CCOc1ccc(NC(=O)c2cnn3c(O)cc(CCCNC(=O)OC(C)(C)C)nc23)cc1. The molecular formula is C23H29N5O5. The molecule has 33 heavy (non-hydrogen) atoms. The zero-order chi connectivity index (χ0) is 24.0. The standard InChI is InChI=1S/C23H29N5O5/c1-5-32-17-10-8-15(9-11-17)27-21(30)18-14-25-28-19(29)13-16(26-20(18)28)7-6-12-24-22(31)33-23(2,3)4/h8-11,13-14,29H,5-7,12H2,1-4H3,(H,24,31)(H,27,30). The van der Waals surface area contributed by atoms with Gasteiger partial charge in [-0.1, -0.05) is 0 Å². The molecule has 0 saturated heterocycles. The fraction of sp³-hybridized carbons (Fsp3) is 0.391. The van der Waals surface area contributed by atoms with Gasteiger partial charge in [-0.05, 0) is 64.8 Å². The van der Waals surface area contributed by atoms with E-state index in [4.69, 9.17) is 9.47 Å². The van der Waals surface area contributed by atoms with E-state index in [0.717, 1.165) is 0 Å². The average Bonchev–Trinajstić information content (AvgIpc) is 3.16. The molecule has 10 heteroatoms. The number of alkyl carbamates (subject to hydrolysis) is 1. The Balaban J connectivity index is 1.65. The normalized spacial score (nSPS) is 11.3. The summed E-state index contributed by atoms with van der Waals surface area (Å²) in [5, 5.41) is 19.9. The zero-order valence-electron chi connectivity index (χ0n) is 19.2. The van der Waals surface area contributed by atoms with Crippen molar-refractivity contribution in [1.29, 1.82) is 0 Å². The first-order chi connectivity index (χ1) is 15.7. The summed E-state index contributed by atoms with van der Waals surface area (Å²) in [7, 11) is 0. The van der Waals surface area contributed by atoms with E-state index in [9.17, 15) is 14.7 Å². The Morgan fingerprint density at radius 2 is 1.91 bits per heavy atom. The molecule has 3 rings (SSSR count). The van der Waals surface area contributed by atoms with Crippen molar-refractivity contribution in [2.75, 3.05) is 18.5 Å². The van der Waals surface area contributed by atoms with Crippen molar-refractivity contribution < 1.29 is 24.2 Å². The monoisotopic (exact) mass is 455 g/mol. The molecule has 0 fully saturated rings. The van der Waals surface area contributed by atoms with Crippen LogP contribution in [-0.4, -0.2) is 50.5 Å². The number of aromatic hydroxyl groups is 1. The van der Waals surface area contributed by atoms with E-state index >= 15 is 0 Å². The summed E-state index contributed by atoms with van der Waals surface area (Å²) in [6.07, 6.45) is 1.92. The van der Waals surface area contributed by atoms with Crippen LogP contribution in [0.1, 0.15) is 50.2 Å². The van der Waals surface area contributed by atoms with Gasteiger partial charge in [-0.25, -0.2) is 9.78 Å². The number of fused-ring (bicyclic) bond motifs is 1. The smallest absolute Gasteiger partial charge is 0.407 e. The van der Waals surface area contributed by atoms with E-state index < -0.39 is 17.6 Å². The van der Waals surface area contributed by atoms with Gasteiger partial charge in [0.2, 0.25) is 5.88 Å². The number of carbonyl (C=O) groups is 2. The first kappa shape index (κ1) is 23.8. The Labute approximate surface area is 191 Å². The number of aryl methyl sites for hydroxylation is 1. The molecule has 176 valence electrons. The topological polar surface area (TPSA) is 127 Å². The predicted molar refractivity (Wildman–Crippen MR) is 123 cm³/mol. The maximum atomic E-state index is 12.8. The minimum atomic E-state index is -0.563. The molecule has 3 N–H and O–H groups in total. The van der Waals surface area contributed by atoms with Crippen molar-refractivity contribution in [1.82, 2.24) is 19.9 Å². The highest BCUT2D eigenvalue weighted by Crippen LogP contribution is 2.20. The summed E-state index contributed by atoms with van der Waals surface area (Å²) < 4.78 is 11.8. The number of amides is 2. The van der Waals surface area contributed by atoms with Gasteiger partial charge in [-0.3, -0.25) is 4.79 Å². The van der Waals surface area contributed by atoms with E-state index in [-0.39, 0.29) is 17.1 Å². The van der Waals surface area contributed by atoms with Crippen LogP contribution in [0.3, 0.4) is 0 Å². The van der Waals surface area contributed by atoms with Crippen LogP contribution in [0.5, 0.6) is 11.6 Å².